The smallest absolute Gasteiger partial charge is 0.193 e. The summed E-state index contributed by atoms with van der Waals surface area (Å²) in [5.41, 5.74) is 1.14. The van der Waals surface area contributed by atoms with Crippen LogP contribution >= 0.6 is 11.3 Å². The molecule has 17 heavy (non-hydrogen) atoms. The molecule has 0 aliphatic carbocycles. The Morgan fingerprint density at radius 3 is 3.06 bits per heavy atom. The van der Waals surface area contributed by atoms with Crippen LogP contribution in [-0.2, 0) is 6.54 Å². The van der Waals surface area contributed by atoms with Crippen molar-refractivity contribution in [2.75, 3.05) is 20.1 Å². The number of thiazole rings is 1. The summed E-state index contributed by atoms with van der Waals surface area (Å²) < 4.78 is 2.08. The zero-order chi connectivity index (χ0) is 12.3. The molecule has 0 saturated carbocycles. The van der Waals surface area contributed by atoms with Crippen molar-refractivity contribution in [1.82, 2.24) is 19.6 Å². The van der Waals surface area contributed by atoms with Crippen molar-refractivity contribution in [2.24, 2.45) is 0 Å². The Morgan fingerprint density at radius 2 is 2.35 bits per heavy atom. The first kappa shape index (κ1) is 12.5. The van der Waals surface area contributed by atoms with Crippen LogP contribution in [0.1, 0.15) is 19.5 Å². The van der Waals surface area contributed by atoms with Gasteiger partial charge in [-0.1, -0.05) is 13.8 Å². The van der Waals surface area contributed by atoms with Crippen LogP contribution in [0.25, 0.3) is 4.96 Å². The third-order valence-electron chi connectivity index (χ3n) is 2.62. The van der Waals surface area contributed by atoms with E-state index in [2.05, 4.69) is 58.3 Å². The molecule has 0 aliphatic rings. The van der Waals surface area contributed by atoms with Gasteiger partial charge in [-0.05, 0) is 7.05 Å². The number of rotatable bonds is 6. The second kappa shape index (κ2) is 5.62. The summed E-state index contributed by atoms with van der Waals surface area (Å²) in [5.74, 6) is 0. The molecule has 0 saturated heterocycles. The van der Waals surface area contributed by atoms with Crippen LogP contribution in [0.3, 0.4) is 0 Å². The highest BCUT2D eigenvalue weighted by atomic mass is 32.1. The number of aromatic nitrogens is 2. The molecule has 0 aromatic carbocycles. The van der Waals surface area contributed by atoms with E-state index in [4.69, 9.17) is 0 Å². The summed E-state index contributed by atoms with van der Waals surface area (Å²) in [6.07, 6.45) is 4.16. The molecule has 5 heteroatoms. The van der Waals surface area contributed by atoms with Gasteiger partial charge < -0.3 is 5.32 Å². The van der Waals surface area contributed by atoms with Crippen LogP contribution < -0.4 is 5.32 Å². The van der Waals surface area contributed by atoms with Gasteiger partial charge in [0, 0.05) is 43.4 Å². The van der Waals surface area contributed by atoms with Crippen LogP contribution in [0.4, 0.5) is 0 Å². The van der Waals surface area contributed by atoms with Gasteiger partial charge in [-0.3, -0.25) is 9.30 Å². The molecule has 2 heterocycles. The summed E-state index contributed by atoms with van der Waals surface area (Å²) in [6, 6.07) is 0.557. The summed E-state index contributed by atoms with van der Waals surface area (Å²) in [7, 11) is 2.13. The second-order valence-electron chi connectivity index (χ2n) is 4.67. The maximum absolute atomic E-state index is 4.58. The lowest BCUT2D eigenvalue weighted by molar-refractivity contribution is 0.317. The van der Waals surface area contributed by atoms with Crippen molar-refractivity contribution < 1.29 is 0 Å². The van der Waals surface area contributed by atoms with E-state index in [9.17, 15) is 0 Å². The molecule has 4 nitrogen and oxygen atoms in total. The largest absolute Gasteiger partial charge is 0.313 e. The number of hydrogen-bond acceptors (Lipinski definition) is 4. The van der Waals surface area contributed by atoms with Crippen molar-refractivity contribution in [3.63, 3.8) is 0 Å². The first-order valence-corrected chi connectivity index (χ1v) is 6.86. The minimum absolute atomic E-state index is 0.557. The van der Waals surface area contributed by atoms with Crippen molar-refractivity contribution in [3.8, 4) is 0 Å². The van der Waals surface area contributed by atoms with Gasteiger partial charge in [-0.2, -0.15) is 0 Å². The minimum Gasteiger partial charge on any atom is -0.313 e. The highest BCUT2D eigenvalue weighted by molar-refractivity contribution is 7.15. The van der Waals surface area contributed by atoms with Crippen LogP contribution in [0.5, 0.6) is 0 Å². The fraction of sp³-hybridized carbons (Fsp3) is 0.583. The van der Waals surface area contributed by atoms with Gasteiger partial charge in [0.05, 0.1) is 5.69 Å². The number of nitrogens with one attached hydrogen (secondary N) is 1. The van der Waals surface area contributed by atoms with Gasteiger partial charge in [-0.25, -0.2) is 4.98 Å². The maximum atomic E-state index is 4.58. The average Bonchev–Trinajstić information content (AvgIpc) is 2.76. The topological polar surface area (TPSA) is 32.6 Å². The molecule has 0 radical (unpaired) electrons. The SMILES string of the molecule is CC(C)NCCN(C)Cc1cn2ccsc2n1. The van der Waals surface area contributed by atoms with Gasteiger partial charge in [0.1, 0.15) is 0 Å². The second-order valence-corrected chi connectivity index (χ2v) is 5.54. The van der Waals surface area contributed by atoms with Gasteiger partial charge in [0.25, 0.3) is 0 Å². The zero-order valence-electron chi connectivity index (χ0n) is 10.7. The molecule has 0 amide bonds. The third-order valence-corrected chi connectivity index (χ3v) is 3.39. The van der Waals surface area contributed by atoms with Crippen molar-refractivity contribution >= 4 is 16.3 Å². The fourth-order valence-electron chi connectivity index (χ4n) is 1.75. The molecule has 2 aromatic rings. The van der Waals surface area contributed by atoms with Crippen LogP contribution in [0.2, 0.25) is 0 Å². The van der Waals surface area contributed by atoms with Gasteiger partial charge in [0.2, 0.25) is 0 Å². The van der Waals surface area contributed by atoms with Gasteiger partial charge >= 0.3 is 0 Å². The molecule has 1 N–H and O–H groups in total. The number of likely N-dealkylation sites (N-methyl/N-ethyl adjacent to an activating group) is 1. The Hall–Kier alpha value is -0.910. The summed E-state index contributed by atoms with van der Waals surface area (Å²) >= 11 is 1.68. The molecule has 0 atom stereocenters. The first-order chi connectivity index (χ1) is 8.15. The quantitative estimate of drug-likeness (QED) is 0.851. The molecule has 2 rings (SSSR count). The predicted molar refractivity (Wildman–Crippen MR) is 72.5 cm³/mol. The van der Waals surface area contributed by atoms with E-state index in [-0.39, 0.29) is 0 Å². The molecule has 0 fully saturated rings. The molecule has 0 spiro atoms. The van der Waals surface area contributed by atoms with E-state index in [0.29, 0.717) is 6.04 Å². The molecule has 0 aliphatic heterocycles. The molecule has 94 valence electrons. The number of imidazole rings is 1. The summed E-state index contributed by atoms with van der Waals surface area (Å²) in [5, 5.41) is 5.48. The van der Waals surface area contributed by atoms with Crippen molar-refractivity contribution in [3.05, 3.63) is 23.5 Å². The number of nitrogens with zero attached hydrogens (tertiary/aromatic N) is 3. The van der Waals surface area contributed by atoms with E-state index in [1.54, 1.807) is 11.3 Å². The standard InChI is InChI=1S/C12H20N4S/c1-10(2)13-4-5-15(3)8-11-9-16-6-7-17-12(16)14-11/h6-7,9-10,13H,4-5,8H2,1-3H3. The Kier molecular flexibility index (Phi) is 4.15. The zero-order valence-corrected chi connectivity index (χ0v) is 11.5. The van der Waals surface area contributed by atoms with E-state index < -0.39 is 0 Å². The van der Waals surface area contributed by atoms with Crippen molar-refractivity contribution in [2.45, 2.75) is 26.4 Å². The Bertz CT molecular complexity index is 431. The van der Waals surface area contributed by atoms with Crippen LogP contribution in [0, 0.1) is 0 Å². The average molecular weight is 252 g/mol. The maximum Gasteiger partial charge on any atom is 0.193 e. The lowest BCUT2D eigenvalue weighted by Crippen LogP contribution is -2.32. The number of hydrogen-bond donors (Lipinski definition) is 1. The Balaban J connectivity index is 1.82. The van der Waals surface area contributed by atoms with Gasteiger partial charge in [-0.15, -0.1) is 11.3 Å². The van der Waals surface area contributed by atoms with E-state index in [1.165, 1.54) is 0 Å². The normalized spacial score (nSPS) is 12.1. The first-order valence-electron chi connectivity index (χ1n) is 5.98. The van der Waals surface area contributed by atoms with Crippen LogP contribution in [-0.4, -0.2) is 40.5 Å². The van der Waals surface area contributed by atoms with E-state index >= 15 is 0 Å². The predicted octanol–water partition coefficient (Wildman–Crippen LogP) is 1.83. The van der Waals surface area contributed by atoms with Crippen molar-refractivity contribution in [1.29, 1.82) is 0 Å². The van der Waals surface area contributed by atoms with Crippen LogP contribution in [0.15, 0.2) is 17.8 Å². The lowest BCUT2D eigenvalue weighted by Gasteiger charge is -2.16. The molecule has 0 unspecified atom stereocenters. The molecular formula is C12H20N4S. The minimum atomic E-state index is 0.557. The number of fused-ring (bicyclic) bond motifs is 1. The monoisotopic (exact) mass is 252 g/mol. The summed E-state index contributed by atoms with van der Waals surface area (Å²) in [6.45, 7) is 7.32. The molecule has 0 bridgehead atoms. The highest BCUT2D eigenvalue weighted by Crippen LogP contribution is 2.12. The van der Waals surface area contributed by atoms with E-state index in [1.807, 2.05) is 0 Å². The third kappa shape index (κ3) is 3.52. The molecule has 2 aromatic heterocycles. The van der Waals surface area contributed by atoms with E-state index in [0.717, 1.165) is 30.3 Å². The van der Waals surface area contributed by atoms with Gasteiger partial charge in [0.15, 0.2) is 4.96 Å². The Morgan fingerprint density at radius 1 is 1.53 bits per heavy atom. The highest BCUT2D eigenvalue weighted by Gasteiger charge is 2.05. The molecular weight excluding hydrogens is 232 g/mol. The fourth-order valence-corrected chi connectivity index (χ4v) is 2.47. The lowest BCUT2D eigenvalue weighted by atomic mass is 10.4. The Labute approximate surface area is 106 Å². The summed E-state index contributed by atoms with van der Waals surface area (Å²) in [4.78, 5) is 7.95.